The molecule has 0 rings (SSSR count). The van der Waals surface area contributed by atoms with E-state index in [9.17, 15) is 18.0 Å². The summed E-state index contributed by atoms with van der Waals surface area (Å²) >= 11 is 0. The summed E-state index contributed by atoms with van der Waals surface area (Å²) in [5.41, 5.74) is 0.0956. The zero-order chi connectivity index (χ0) is 9.72. The molecule has 0 saturated carbocycles. The first-order valence-electron chi connectivity index (χ1n) is 3.25. The van der Waals surface area contributed by atoms with Crippen molar-refractivity contribution in [3.05, 3.63) is 11.6 Å². The molecule has 70 valence electrons. The van der Waals surface area contributed by atoms with Crippen molar-refractivity contribution in [3.8, 4) is 0 Å². The van der Waals surface area contributed by atoms with E-state index in [1.54, 1.807) is 0 Å². The van der Waals surface area contributed by atoms with Gasteiger partial charge in [0, 0.05) is 5.57 Å². The zero-order valence-electron chi connectivity index (χ0n) is 6.68. The van der Waals surface area contributed by atoms with Crippen molar-refractivity contribution in [2.24, 2.45) is 0 Å². The molecular formula is C7H9F3O2. The molecule has 0 heterocycles. The van der Waals surface area contributed by atoms with Crippen LogP contribution >= 0.6 is 0 Å². The van der Waals surface area contributed by atoms with Gasteiger partial charge in [0.2, 0.25) is 0 Å². The molecule has 0 amide bonds. The number of esters is 1. The lowest BCUT2D eigenvalue weighted by atomic mass is 10.3. The standard InChI is InChI=1S/C7H9F3O2/c1-3-4(2)7(11)12-6(10)5(8)9/h3,5-6H,1-2H3. The van der Waals surface area contributed by atoms with Crippen LogP contribution in [0.5, 0.6) is 0 Å². The second-order valence-electron chi connectivity index (χ2n) is 2.06. The monoisotopic (exact) mass is 182 g/mol. The van der Waals surface area contributed by atoms with Gasteiger partial charge in [0.15, 0.2) is 0 Å². The Labute approximate surface area is 68.0 Å². The van der Waals surface area contributed by atoms with E-state index in [0.717, 1.165) is 0 Å². The van der Waals surface area contributed by atoms with Gasteiger partial charge in [-0.25, -0.2) is 13.6 Å². The third-order valence-corrected chi connectivity index (χ3v) is 1.17. The summed E-state index contributed by atoms with van der Waals surface area (Å²) in [5, 5.41) is 0. The molecule has 0 spiro atoms. The fraction of sp³-hybridized carbons (Fsp3) is 0.571. The third-order valence-electron chi connectivity index (χ3n) is 1.17. The van der Waals surface area contributed by atoms with Crippen molar-refractivity contribution >= 4 is 5.97 Å². The smallest absolute Gasteiger partial charge is 0.336 e. The van der Waals surface area contributed by atoms with Crippen LogP contribution in [-0.2, 0) is 9.53 Å². The summed E-state index contributed by atoms with van der Waals surface area (Å²) in [6.07, 6.45) is -4.79. The highest BCUT2D eigenvalue weighted by Gasteiger charge is 2.23. The van der Waals surface area contributed by atoms with E-state index in [0.29, 0.717) is 0 Å². The van der Waals surface area contributed by atoms with Crippen LogP contribution < -0.4 is 0 Å². The van der Waals surface area contributed by atoms with Crippen LogP contribution in [0, 0.1) is 0 Å². The summed E-state index contributed by atoms with van der Waals surface area (Å²) in [6, 6.07) is 0. The summed E-state index contributed by atoms with van der Waals surface area (Å²) in [4.78, 5) is 10.6. The Morgan fingerprint density at radius 3 is 2.25 bits per heavy atom. The minimum atomic E-state index is -3.29. The fourth-order valence-electron chi connectivity index (χ4n) is 0.364. The lowest BCUT2D eigenvalue weighted by molar-refractivity contribution is -0.169. The molecule has 1 unspecified atom stereocenters. The van der Waals surface area contributed by atoms with Gasteiger partial charge < -0.3 is 4.74 Å². The molecule has 12 heavy (non-hydrogen) atoms. The summed E-state index contributed by atoms with van der Waals surface area (Å²) in [7, 11) is 0. The molecule has 0 saturated heterocycles. The molecule has 0 bridgehead atoms. The van der Waals surface area contributed by atoms with Crippen molar-refractivity contribution in [1.29, 1.82) is 0 Å². The number of allylic oxidation sites excluding steroid dienone is 1. The Hall–Kier alpha value is -1.00. The maximum absolute atomic E-state index is 12.1. The highest BCUT2D eigenvalue weighted by atomic mass is 19.3. The Morgan fingerprint density at radius 1 is 1.42 bits per heavy atom. The number of alkyl halides is 3. The molecule has 0 aliphatic heterocycles. The Balaban J connectivity index is 4.02. The average molecular weight is 182 g/mol. The van der Waals surface area contributed by atoms with E-state index < -0.39 is 18.8 Å². The minimum absolute atomic E-state index is 0.0956. The van der Waals surface area contributed by atoms with Gasteiger partial charge >= 0.3 is 18.8 Å². The maximum Gasteiger partial charge on any atom is 0.336 e. The predicted molar refractivity (Wildman–Crippen MR) is 36.4 cm³/mol. The van der Waals surface area contributed by atoms with E-state index in [-0.39, 0.29) is 5.57 Å². The molecule has 0 aromatic rings. The Bertz CT molecular complexity index is 189. The van der Waals surface area contributed by atoms with E-state index in [2.05, 4.69) is 4.74 Å². The average Bonchev–Trinajstić information content (AvgIpc) is 2.02. The van der Waals surface area contributed by atoms with Crippen molar-refractivity contribution in [2.75, 3.05) is 0 Å². The normalized spacial score (nSPS) is 14.7. The van der Waals surface area contributed by atoms with Crippen molar-refractivity contribution in [1.82, 2.24) is 0 Å². The largest absolute Gasteiger partial charge is 0.421 e. The van der Waals surface area contributed by atoms with Gasteiger partial charge in [0.1, 0.15) is 0 Å². The Morgan fingerprint density at radius 2 is 1.92 bits per heavy atom. The van der Waals surface area contributed by atoms with Gasteiger partial charge in [-0.05, 0) is 13.8 Å². The van der Waals surface area contributed by atoms with Crippen LogP contribution in [0.2, 0.25) is 0 Å². The van der Waals surface area contributed by atoms with Crippen molar-refractivity contribution < 1.29 is 22.7 Å². The molecule has 0 N–H and O–H groups in total. The molecule has 2 nitrogen and oxygen atoms in total. The lowest BCUT2D eigenvalue weighted by Gasteiger charge is -2.08. The number of carbonyl (C=O) groups excluding carboxylic acids is 1. The first-order chi connectivity index (χ1) is 5.49. The molecule has 1 atom stereocenters. The lowest BCUT2D eigenvalue weighted by Crippen LogP contribution is -2.21. The summed E-state index contributed by atoms with van der Waals surface area (Å²) < 4.78 is 38.8. The highest BCUT2D eigenvalue weighted by Crippen LogP contribution is 2.09. The number of hydrogen-bond acceptors (Lipinski definition) is 2. The predicted octanol–water partition coefficient (Wildman–Crippen LogP) is 2.06. The second kappa shape index (κ2) is 4.79. The topological polar surface area (TPSA) is 26.3 Å². The molecule has 0 radical (unpaired) electrons. The molecule has 0 aliphatic rings. The SMILES string of the molecule is CC=C(C)C(=O)OC(F)C(F)F. The van der Waals surface area contributed by atoms with Gasteiger partial charge in [0.25, 0.3) is 0 Å². The number of halogens is 3. The van der Waals surface area contributed by atoms with Crippen LogP contribution in [0.3, 0.4) is 0 Å². The number of ether oxygens (including phenoxy) is 1. The van der Waals surface area contributed by atoms with Gasteiger partial charge in [0.05, 0.1) is 0 Å². The first kappa shape index (κ1) is 11.0. The van der Waals surface area contributed by atoms with Crippen LogP contribution in [0.15, 0.2) is 11.6 Å². The van der Waals surface area contributed by atoms with Gasteiger partial charge in [-0.1, -0.05) is 6.08 Å². The molecule has 0 aliphatic carbocycles. The summed E-state index contributed by atoms with van der Waals surface area (Å²) in [5.74, 6) is -1.06. The van der Waals surface area contributed by atoms with Crippen LogP contribution in [-0.4, -0.2) is 18.8 Å². The Kier molecular flexibility index (Phi) is 4.39. The maximum atomic E-state index is 12.1. The molecule has 0 aromatic heterocycles. The van der Waals surface area contributed by atoms with Crippen LogP contribution in [0.1, 0.15) is 13.8 Å². The van der Waals surface area contributed by atoms with Gasteiger partial charge in [-0.15, -0.1) is 0 Å². The molecule has 0 fully saturated rings. The molecular weight excluding hydrogens is 173 g/mol. The number of rotatable bonds is 3. The summed E-state index contributed by atoms with van der Waals surface area (Å²) in [6.45, 7) is 2.87. The third kappa shape index (κ3) is 3.41. The number of carbonyl (C=O) groups is 1. The van der Waals surface area contributed by atoms with Crippen molar-refractivity contribution in [3.63, 3.8) is 0 Å². The fourth-order valence-corrected chi connectivity index (χ4v) is 0.364. The van der Waals surface area contributed by atoms with Gasteiger partial charge in [-0.3, -0.25) is 0 Å². The van der Waals surface area contributed by atoms with E-state index >= 15 is 0 Å². The quantitative estimate of drug-likeness (QED) is 0.493. The van der Waals surface area contributed by atoms with Crippen molar-refractivity contribution in [2.45, 2.75) is 26.6 Å². The first-order valence-corrected chi connectivity index (χ1v) is 3.25. The minimum Gasteiger partial charge on any atom is -0.421 e. The van der Waals surface area contributed by atoms with Crippen LogP contribution in [0.25, 0.3) is 0 Å². The molecule has 5 heteroatoms. The van der Waals surface area contributed by atoms with E-state index in [4.69, 9.17) is 0 Å². The molecule has 0 aromatic carbocycles. The number of hydrogen-bond donors (Lipinski definition) is 0. The van der Waals surface area contributed by atoms with E-state index in [1.165, 1.54) is 19.9 Å². The van der Waals surface area contributed by atoms with E-state index in [1.807, 2.05) is 0 Å². The zero-order valence-corrected chi connectivity index (χ0v) is 6.68. The van der Waals surface area contributed by atoms with Gasteiger partial charge in [-0.2, -0.15) is 4.39 Å². The highest BCUT2D eigenvalue weighted by molar-refractivity contribution is 5.87. The second-order valence-corrected chi connectivity index (χ2v) is 2.06. The van der Waals surface area contributed by atoms with Crippen LogP contribution in [0.4, 0.5) is 13.2 Å².